The van der Waals surface area contributed by atoms with Crippen LogP contribution < -0.4 is 14.8 Å². The second-order valence-corrected chi connectivity index (χ2v) is 7.87. The molecule has 0 aliphatic heterocycles. The van der Waals surface area contributed by atoms with Crippen molar-refractivity contribution in [2.75, 3.05) is 7.11 Å². The Kier molecular flexibility index (Phi) is 6.16. The number of hydrogen-bond acceptors (Lipinski definition) is 6. The Hall–Kier alpha value is -3.42. The van der Waals surface area contributed by atoms with E-state index in [0.29, 0.717) is 23.1 Å². The van der Waals surface area contributed by atoms with Crippen LogP contribution in [0.1, 0.15) is 47.6 Å². The van der Waals surface area contributed by atoms with Crippen molar-refractivity contribution < 1.29 is 14.3 Å². The molecule has 8 heteroatoms. The van der Waals surface area contributed by atoms with Gasteiger partial charge in [-0.2, -0.15) is 5.10 Å². The zero-order chi connectivity index (χ0) is 21.8. The molecule has 0 bridgehead atoms. The molecule has 0 unspecified atom stereocenters. The molecule has 4 rings (SSSR count). The Labute approximate surface area is 181 Å². The maximum atomic E-state index is 12.7. The van der Waals surface area contributed by atoms with Crippen molar-refractivity contribution in [1.29, 1.82) is 0 Å². The third-order valence-electron chi connectivity index (χ3n) is 5.45. The van der Waals surface area contributed by atoms with Gasteiger partial charge < -0.3 is 14.8 Å². The Morgan fingerprint density at radius 2 is 1.77 bits per heavy atom. The third-order valence-corrected chi connectivity index (χ3v) is 5.45. The highest BCUT2D eigenvalue weighted by Crippen LogP contribution is 2.28. The summed E-state index contributed by atoms with van der Waals surface area (Å²) in [4.78, 5) is 21.4. The van der Waals surface area contributed by atoms with Crippen molar-refractivity contribution in [3.05, 3.63) is 53.5 Å². The number of hydrogen-bond donors (Lipinski definition) is 2. The molecular formula is C23H27N5O3. The molecule has 2 aromatic heterocycles. The van der Waals surface area contributed by atoms with Crippen LogP contribution in [-0.2, 0) is 0 Å². The fraction of sp³-hybridized carbons (Fsp3) is 0.391. The molecule has 0 saturated heterocycles. The fourth-order valence-corrected chi connectivity index (χ4v) is 3.92. The van der Waals surface area contributed by atoms with E-state index in [9.17, 15) is 4.79 Å². The maximum Gasteiger partial charge on any atom is 0.317 e. The number of carbonyl (C=O) groups is 1. The zero-order valence-electron chi connectivity index (χ0n) is 18.0. The predicted octanol–water partition coefficient (Wildman–Crippen LogP) is 3.61. The number of ether oxygens (including phenoxy) is 2. The summed E-state index contributed by atoms with van der Waals surface area (Å²) in [6.07, 6.45) is 3.44. The van der Waals surface area contributed by atoms with Gasteiger partial charge in [-0.1, -0.05) is 12.1 Å². The van der Waals surface area contributed by atoms with E-state index in [4.69, 9.17) is 9.47 Å². The van der Waals surface area contributed by atoms with Gasteiger partial charge in [0.2, 0.25) is 0 Å². The van der Waals surface area contributed by atoms with Gasteiger partial charge in [0, 0.05) is 23.0 Å². The molecular weight excluding hydrogens is 394 g/mol. The van der Waals surface area contributed by atoms with Gasteiger partial charge in [0.1, 0.15) is 17.5 Å². The minimum atomic E-state index is -0.157. The highest BCUT2D eigenvalue weighted by atomic mass is 16.5. The van der Waals surface area contributed by atoms with Gasteiger partial charge in [0.05, 0.1) is 12.8 Å². The first kappa shape index (κ1) is 20.8. The predicted molar refractivity (Wildman–Crippen MR) is 116 cm³/mol. The molecule has 2 heterocycles. The number of benzene rings is 1. The number of carbonyl (C=O) groups excluding carboxylic acids is 1. The van der Waals surface area contributed by atoms with E-state index in [0.717, 1.165) is 42.6 Å². The first-order chi connectivity index (χ1) is 15.0. The Bertz CT molecular complexity index is 1040. The summed E-state index contributed by atoms with van der Waals surface area (Å²) >= 11 is 0. The number of aromatic amines is 1. The van der Waals surface area contributed by atoms with Crippen LogP contribution in [0.25, 0.3) is 11.3 Å². The topological polar surface area (TPSA) is 102 Å². The molecule has 1 fully saturated rings. The van der Waals surface area contributed by atoms with Crippen LogP contribution in [0.3, 0.4) is 0 Å². The van der Waals surface area contributed by atoms with Crippen molar-refractivity contribution in [1.82, 2.24) is 25.5 Å². The molecule has 31 heavy (non-hydrogen) atoms. The summed E-state index contributed by atoms with van der Waals surface area (Å²) in [6, 6.07) is 11.8. The Morgan fingerprint density at radius 3 is 2.48 bits per heavy atom. The number of nitrogens with one attached hydrogen (secondary N) is 2. The number of methoxy groups -OCH3 is 1. The minimum Gasteiger partial charge on any atom is -0.496 e. The van der Waals surface area contributed by atoms with E-state index >= 15 is 0 Å². The van der Waals surface area contributed by atoms with Gasteiger partial charge in [0.25, 0.3) is 5.91 Å². The van der Waals surface area contributed by atoms with Gasteiger partial charge in [-0.15, -0.1) is 0 Å². The standard InChI is InChI=1S/C23H27N5O3/c1-14-12-15(2)25-23(24-14)31-17-10-8-16(9-11-17)26-22(29)20-13-19(27-28-20)18-6-4-5-7-21(18)30-3/h4-7,12-13,16-17H,8-11H2,1-3H3,(H,26,29)(H,27,28). The monoisotopic (exact) mass is 421 g/mol. The molecule has 3 aromatic rings. The van der Waals surface area contributed by atoms with Gasteiger partial charge in [0.15, 0.2) is 0 Å². The minimum absolute atomic E-state index is 0.0682. The lowest BCUT2D eigenvalue weighted by atomic mass is 9.93. The molecule has 162 valence electrons. The number of rotatable bonds is 6. The Morgan fingerprint density at radius 1 is 1.06 bits per heavy atom. The fourth-order valence-electron chi connectivity index (χ4n) is 3.92. The van der Waals surface area contributed by atoms with E-state index in [2.05, 4.69) is 25.5 Å². The van der Waals surface area contributed by atoms with Crippen LogP contribution >= 0.6 is 0 Å². The van der Waals surface area contributed by atoms with Gasteiger partial charge >= 0.3 is 6.01 Å². The summed E-state index contributed by atoms with van der Waals surface area (Å²) in [6.45, 7) is 3.87. The SMILES string of the molecule is COc1ccccc1-c1cc(C(=O)NC2CCC(Oc3nc(C)cc(C)n3)CC2)[nH]n1. The van der Waals surface area contributed by atoms with Crippen molar-refractivity contribution in [3.8, 4) is 23.0 Å². The molecule has 0 spiro atoms. The molecule has 2 N–H and O–H groups in total. The summed E-state index contributed by atoms with van der Waals surface area (Å²) in [5.74, 6) is 0.558. The smallest absolute Gasteiger partial charge is 0.317 e. The van der Waals surface area contributed by atoms with Crippen molar-refractivity contribution in [3.63, 3.8) is 0 Å². The van der Waals surface area contributed by atoms with Gasteiger partial charge in [-0.05, 0) is 63.8 Å². The number of amides is 1. The summed E-state index contributed by atoms with van der Waals surface area (Å²) in [7, 11) is 1.62. The maximum absolute atomic E-state index is 12.7. The molecule has 8 nitrogen and oxygen atoms in total. The number of para-hydroxylation sites is 1. The average molecular weight is 422 g/mol. The van der Waals surface area contributed by atoms with Crippen LogP contribution in [0.5, 0.6) is 11.8 Å². The lowest BCUT2D eigenvalue weighted by Gasteiger charge is -2.28. The molecule has 1 aliphatic carbocycles. The lowest BCUT2D eigenvalue weighted by molar-refractivity contribution is 0.0880. The second-order valence-electron chi connectivity index (χ2n) is 7.87. The number of aromatic nitrogens is 4. The van der Waals surface area contributed by atoms with Crippen LogP contribution in [0.2, 0.25) is 0 Å². The largest absolute Gasteiger partial charge is 0.496 e. The number of aryl methyl sites for hydroxylation is 2. The van der Waals surface area contributed by atoms with Gasteiger partial charge in [-0.3, -0.25) is 9.89 Å². The van der Waals surface area contributed by atoms with E-state index in [-0.39, 0.29) is 18.1 Å². The third kappa shape index (κ3) is 5.02. The molecule has 1 aliphatic rings. The summed E-state index contributed by atoms with van der Waals surface area (Å²) in [5, 5.41) is 10.2. The normalized spacial score (nSPS) is 18.4. The quantitative estimate of drug-likeness (QED) is 0.630. The van der Waals surface area contributed by atoms with Crippen LogP contribution in [0.15, 0.2) is 36.4 Å². The van der Waals surface area contributed by atoms with E-state index in [1.165, 1.54) is 0 Å². The molecule has 1 amide bonds. The number of H-pyrrole nitrogens is 1. The van der Waals surface area contributed by atoms with Crippen molar-refractivity contribution in [2.24, 2.45) is 0 Å². The van der Waals surface area contributed by atoms with Crippen molar-refractivity contribution >= 4 is 5.91 Å². The molecule has 0 radical (unpaired) electrons. The summed E-state index contributed by atoms with van der Waals surface area (Å²) < 4.78 is 11.3. The first-order valence-corrected chi connectivity index (χ1v) is 10.5. The Balaban J connectivity index is 1.32. The van der Waals surface area contributed by atoms with Crippen LogP contribution in [0, 0.1) is 13.8 Å². The molecule has 0 atom stereocenters. The van der Waals surface area contributed by atoms with E-state index < -0.39 is 0 Å². The van der Waals surface area contributed by atoms with Crippen LogP contribution in [-0.4, -0.2) is 45.3 Å². The van der Waals surface area contributed by atoms with E-state index in [1.54, 1.807) is 13.2 Å². The second kappa shape index (κ2) is 9.16. The lowest BCUT2D eigenvalue weighted by Crippen LogP contribution is -2.40. The van der Waals surface area contributed by atoms with Gasteiger partial charge in [-0.25, -0.2) is 9.97 Å². The molecule has 1 aromatic carbocycles. The molecule has 1 saturated carbocycles. The van der Waals surface area contributed by atoms with Crippen molar-refractivity contribution in [2.45, 2.75) is 51.7 Å². The zero-order valence-corrected chi connectivity index (χ0v) is 18.0. The average Bonchev–Trinajstić information content (AvgIpc) is 3.25. The highest BCUT2D eigenvalue weighted by Gasteiger charge is 2.25. The van der Waals surface area contributed by atoms with E-state index in [1.807, 2.05) is 44.2 Å². The first-order valence-electron chi connectivity index (χ1n) is 10.5. The highest BCUT2D eigenvalue weighted by molar-refractivity contribution is 5.93. The summed E-state index contributed by atoms with van der Waals surface area (Å²) in [5.41, 5.74) is 3.74. The van der Waals surface area contributed by atoms with Crippen LogP contribution in [0.4, 0.5) is 0 Å². The number of nitrogens with zero attached hydrogens (tertiary/aromatic N) is 3.